The van der Waals surface area contributed by atoms with Crippen LogP contribution in [0.1, 0.15) is 35.7 Å². The molecule has 0 heterocycles. The zero-order valence-electron chi connectivity index (χ0n) is 8.87. The average Bonchev–Trinajstić information content (AvgIpc) is 2.16. The second kappa shape index (κ2) is 4.29. The Labute approximate surface area is 87.5 Å². The molecule has 0 atom stereocenters. The van der Waals surface area contributed by atoms with Gasteiger partial charge in [0.1, 0.15) is 5.56 Å². The summed E-state index contributed by atoms with van der Waals surface area (Å²) >= 11 is 0. The zero-order chi connectivity index (χ0) is 11.6. The lowest BCUT2D eigenvalue weighted by molar-refractivity contribution is 0.0692. The van der Waals surface area contributed by atoms with Gasteiger partial charge in [-0.1, -0.05) is 13.8 Å². The summed E-state index contributed by atoms with van der Waals surface area (Å²) in [6.45, 7) is 3.74. The molecule has 1 N–H and O–H groups in total. The zero-order valence-corrected chi connectivity index (χ0v) is 8.87. The van der Waals surface area contributed by atoms with Crippen LogP contribution in [0.15, 0.2) is 12.1 Å². The van der Waals surface area contributed by atoms with Crippen LogP contribution in [0, 0.1) is 5.82 Å². The van der Waals surface area contributed by atoms with Gasteiger partial charge in [-0.05, 0) is 23.6 Å². The monoisotopic (exact) mass is 212 g/mol. The lowest BCUT2D eigenvalue weighted by Gasteiger charge is -2.11. The first-order valence-electron chi connectivity index (χ1n) is 4.58. The summed E-state index contributed by atoms with van der Waals surface area (Å²) in [4.78, 5) is 10.9. The molecule has 0 amide bonds. The van der Waals surface area contributed by atoms with Crippen molar-refractivity contribution in [3.05, 3.63) is 29.1 Å². The van der Waals surface area contributed by atoms with Gasteiger partial charge in [0.25, 0.3) is 0 Å². The molecule has 0 unspecified atom stereocenters. The number of carboxylic acid groups (broad SMARTS) is 1. The van der Waals surface area contributed by atoms with Crippen molar-refractivity contribution in [2.45, 2.75) is 19.8 Å². The van der Waals surface area contributed by atoms with Gasteiger partial charge < -0.3 is 9.84 Å². The van der Waals surface area contributed by atoms with Crippen LogP contribution >= 0.6 is 0 Å². The van der Waals surface area contributed by atoms with E-state index in [0.29, 0.717) is 5.56 Å². The Morgan fingerprint density at radius 1 is 1.47 bits per heavy atom. The number of halogens is 1. The molecule has 0 aromatic heterocycles. The number of aromatic carboxylic acids is 1. The lowest BCUT2D eigenvalue weighted by atomic mass is 10.00. The fraction of sp³-hybridized carbons (Fsp3) is 0.364. The van der Waals surface area contributed by atoms with Gasteiger partial charge in [0, 0.05) is 0 Å². The number of hydrogen-bond donors (Lipinski definition) is 1. The van der Waals surface area contributed by atoms with Crippen molar-refractivity contribution in [3.63, 3.8) is 0 Å². The predicted molar refractivity (Wildman–Crippen MR) is 54.0 cm³/mol. The SMILES string of the molecule is COc1c(F)cc(C(C)C)cc1C(=O)O. The molecule has 3 nitrogen and oxygen atoms in total. The topological polar surface area (TPSA) is 46.5 Å². The molecular formula is C11H13FO3. The summed E-state index contributed by atoms with van der Waals surface area (Å²) in [6.07, 6.45) is 0. The molecule has 4 heteroatoms. The first kappa shape index (κ1) is 11.5. The van der Waals surface area contributed by atoms with Crippen LogP contribution in [0.3, 0.4) is 0 Å². The van der Waals surface area contributed by atoms with Gasteiger partial charge >= 0.3 is 5.97 Å². The Bertz CT molecular complexity index is 386. The van der Waals surface area contributed by atoms with Gasteiger partial charge in [-0.2, -0.15) is 0 Å². The van der Waals surface area contributed by atoms with E-state index in [1.807, 2.05) is 13.8 Å². The summed E-state index contributed by atoms with van der Waals surface area (Å²) in [6, 6.07) is 2.74. The summed E-state index contributed by atoms with van der Waals surface area (Å²) in [5, 5.41) is 8.88. The highest BCUT2D eigenvalue weighted by atomic mass is 19.1. The third-order valence-electron chi connectivity index (χ3n) is 2.17. The Morgan fingerprint density at radius 3 is 2.47 bits per heavy atom. The van der Waals surface area contributed by atoms with Crippen molar-refractivity contribution in [2.24, 2.45) is 0 Å². The smallest absolute Gasteiger partial charge is 0.339 e. The Hall–Kier alpha value is -1.58. The van der Waals surface area contributed by atoms with Crippen LogP contribution < -0.4 is 4.74 Å². The molecule has 15 heavy (non-hydrogen) atoms. The molecule has 0 spiro atoms. The number of hydrogen-bond acceptors (Lipinski definition) is 2. The molecule has 1 aromatic rings. The molecule has 0 aliphatic rings. The molecule has 0 fully saturated rings. The van der Waals surface area contributed by atoms with Gasteiger partial charge in [-0.25, -0.2) is 9.18 Å². The third-order valence-corrected chi connectivity index (χ3v) is 2.17. The molecular weight excluding hydrogens is 199 g/mol. The van der Waals surface area contributed by atoms with Crippen molar-refractivity contribution < 1.29 is 19.0 Å². The highest BCUT2D eigenvalue weighted by molar-refractivity contribution is 5.91. The maximum Gasteiger partial charge on any atom is 0.339 e. The summed E-state index contributed by atoms with van der Waals surface area (Å²) in [7, 11) is 1.25. The molecule has 82 valence electrons. The van der Waals surface area contributed by atoms with Crippen LogP contribution in [0.25, 0.3) is 0 Å². The number of ether oxygens (including phenoxy) is 1. The minimum atomic E-state index is -1.19. The second-order valence-electron chi connectivity index (χ2n) is 3.54. The fourth-order valence-electron chi connectivity index (χ4n) is 1.31. The van der Waals surface area contributed by atoms with Crippen molar-refractivity contribution in [1.82, 2.24) is 0 Å². The fourth-order valence-corrected chi connectivity index (χ4v) is 1.31. The van der Waals surface area contributed by atoms with Gasteiger partial charge in [0.05, 0.1) is 7.11 Å². The maximum atomic E-state index is 13.4. The molecule has 1 aromatic carbocycles. The van der Waals surface area contributed by atoms with E-state index in [9.17, 15) is 9.18 Å². The number of methoxy groups -OCH3 is 1. The molecule has 0 radical (unpaired) electrons. The summed E-state index contributed by atoms with van der Waals surface area (Å²) in [5.74, 6) is -1.97. The van der Waals surface area contributed by atoms with Gasteiger partial charge in [0.15, 0.2) is 11.6 Å². The quantitative estimate of drug-likeness (QED) is 0.837. The number of carbonyl (C=O) groups is 1. The Morgan fingerprint density at radius 2 is 2.07 bits per heavy atom. The van der Waals surface area contributed by atoms with E-state index in [1.165, 1.54) is 19.2 Å². The number of carboxylic acids is 1. The van der Waals surface area contributed by atoms with Gasteiger partial charge in [-0.3, -0.25) is 0 Å². The third kappa shape index (κ3) is 2.26. The molecule has 0 saturated carbocycles. The van der Waals surface area contributed by atoms with Crippen LogP contribution in [-0.4, -0.2) is 18.2 Å². The Kier molecular flexibility index (Phi) is 3.29. The van der Waals surface area contributed by atoms with E-state index >= 15 is 0 Å². The second-order valence-corrected chi connectivity index (χ2v) is 3.54. The van der Waals surface area contributed by atoms with E-state index in [0.717, 1.165) is 0 Å². The van der Waals surface area contributed by atoms with Crippen molar-refractivity contribution in [1.29, 1.82) is 0 Å². The van der Waals surface area contributed by atoms with Crippen LogP contribution in [0.2, 0.25) is 0 Å². The largest absolute Gasteiger partial charge is 0.493 e. The highest BCUT2D eigenvalue weighted by Crippen LogP contribution is 2.27. The molecule has 0 aliphatic carbocycles. The maximum absolute atomic E-state index is 13.4. The van der Waals surface area contributed by atoms with E-state index in [1.54, 1.807) is 0 Å². The molecule has 0 aliphatic heterocycles. The van der Waals surface area contributed by atoms with E-state index < -0.39 is 11.8 Å². The van der Waals surface area contributed by atoms with E-state index in [2.05, 4.69) is 0 Å². The first-order chi connectivity index (χ1) is 6.97. The van der Waals surface area contributed by atoms with Crippen molar-refractivity contribution in [2.75, 3.05) is 7.11 Å². The number of benzene rings is 1. The van der Waals surface area contributed by atoms with Crippen molar-refractivity contribution >= 4 is 5.97 Å². The standard InChI is InChI=1S/C11H13FO3/c1-6(2)7-4-8(11(13)14)10(15-3)9(12)5-7/h4-6H,1-3H3,(H,13,14). The summed E-state index contributed by atoms with van der Waals surface area (Å²) in [5.41, 5.74) is 0.506. The van der Waals surface area contributed by atoms with Gasteiger partial charge in [-0.15, -0.1) is 0 Å². The number of rotatable bonds is 3. The minimum absolute atomic E-state index is 0.0727. The van der Waals surface area contributed by atoms with E-state index in [-0.39, 0.29) is 17.2 Å². The van der Waals surface area contributed by atoms with Gasteiger partial charge in [0.2, 0.25) is 0 Å². The molecule has 0 bridgehead atoms. The molecule has 0 saturated heterocycles. The van der Waals surface area contributed by atoms with Crippen LogP contribution in [-0.2, 0) is 0 Å². The predicted octanol–water partition coefficient (Wildman–Crippen LogP) is 2.66. The normalized spacial score (nSPS) is 10.5. The minimum Gasteiger partial charge on any atom is -0.493 e. The van der Waals surface area contributed by atoms with Crippen molar-refractivity contribution in [3.8, 4) is 5.75 Å². The van der Waals surface area contributed by atoms with E-state index in [4.69, 9.17) is 9.84 Å². The highest BCUT2D eigenvalue weighted by Gasteiger charge is 2.17. The lowest BCUT2D eigenvalue weighted by Crippen LogP contribution is -2.04. The Balaban J connectivity index is 3.38. The average molecular weight is 212 g/mol. The summed E-state index contributed by atoms with van der Waals surface area (Å²) < 4.78 is 18.2. The van der Waals surface area contributed by atoms with Crippen LogP contribution in [0.5, 0.6) is 5.75 Å². The first-order valence-corrected chi connectivity index (χ1v) is 4.58. The van der Waals surface area contributed by atoms with Crippen LogP contribution in [0.4, 0.5) is 4.39 Å². The molecule has 1 rings (SSSR count).